The zero-order valence-electron chi connectivity index (χ0n) is 19.9. The number of hydrogen-bond donors (Lipinski definition) is 0. The normalized spacial score (nSPS) is 11.4. The highest BCUT2D eigenvalue weighted by molar-refractivity contribution is 9.10. The third kappa shape index (κ3) is 3.29. The second-order valence-electron chi connectivity index (χ2n) is 9.31. The summed E-state index contributed by atoms with van der Waals surface area (Å²) < 4.78 is 1.01. The second-order valence-corrected chi connectivity index (χ2v) is 10.2. The molecule has 1 nitrogen and oxygen atoms in total. The quantitative estimate of drug-likeness (QED) is 0.221. The Labute approximate surface area is 224 Å². The van der Waals surface area contributed by atoms with Crippen molar-refractivity contribution in [3.63, 3.8) is 0 Å². The molecule has 0 bridgehead atoms. The van der Waals surface area contributed by atoms with E-state index in [1.54, 1.807) is 0 Å². The highest BCUT2D eigenvalue weighted by atomic mass is 79.9. The first-order chi connectivity index (χ1) is 18.3. The van der Waals surface area contributed by atoms with Gasteiger partial charge < -0.3 is 0 Å². The van der Waals surface area contributed by atoms with Crippen molar-refractivity contribution < 1.29 is 0 Å². The maximum Gasteiger partial charge on any atom is 0.100 e. The van der Waals surface area contributed by atoms with E-state index in [0.717, 1.165) is 43.4 Å². The molecule has 1 aliphatic carbocycles. The van der Waals surface area contributed by atoms with Gasteiger partial charge in [-0.3, -0.25) is 0 Å². The molecule has 37 heavy (non-hydrogen) atoms. The average molecular weight is 534 g/mol. The molecule has 0 saturated carbocycles. The number of halogens is 1. The highest BCUT2D eigenvalue weighted by Gasteiger charge is 2.33. The highest BCUT2D eigenvalue weighted by Crippen LogP contribution is 2.58. The van der Waals surface area contributed by atoms with E-state index in [2.05, 4.69) is 131 Å². The molecule has 0 N–H and O–H groups in total. The van der Waals surface area contributed by atoms with Gasteiger partial charge in [0.15, 0.2) is 0 Å². The summed E-state index contributed by atoms with van der Waals surface area (Å²) in [6, 6.07) is 44.9. The van der Waals surface area contributed by atoms with Gasteiger partial charge in [-0.25, -0.2) is 0 Å². The van der Waals surface area contributed by atoms with Crippen LogP contribution in [0.5, 0.6) is 0 Å². The molecule has 0 heterocycles. The fraction of sp³-hybridized carbons (Fsp3) is 0. The molecule has 0 aromatic heterocycles. The Kier molecular flexibility index (Phi) is 5.06. The minimum Gasteiger partial charge on any atom is -0.192 e. The van der Waals surface area contributed by atoms with Crippen LogP contribution in [-0.4, -0.2) is 0 Å². The standard InChI is InChI=1S/C35H20BrN/c36-26-19-17-25(18-20-26)31-29(21-37)32(23-9-3-1-4-10-23)34-27-15-7-13-22-14-8-16-28(30(22)27)35(34)33(31)24-11-5-2-6-12-24/h1-20H. The van der Waals surface area contributed by atoms with Crippen LogP contribution in [-0.2, 0) is 0 Å². The zero-order valence-corrected chi connectivity index (χ0v) is 21.5. The predicted molar refractivity (Wildman–Crippen MR) is 157 cm³/mol. The number of rotatable bonds is 3. The first-order valence-electron chi connectivity index (χ1n) is 12.3. The van der Waals surface area contributed by atoms with Crippen molar-refractivity contribution in [3.05, 3.63) is 131 Å². The molecule has 0 spiro atoms. The van der Waals surface area contributed by atoms with Crippen molar-refractivity contribution in [1.82, 2.24) is 0 Å². The number of nitrogens with zero attached hydrogens (tertiary/aromatic N) is 1. The van der Waals surface area contributed by atoms with E-state index < -0.39 is 0 Å². The molecule has 0 unspecified atom stereocenters. The molecule has 0 atom stereocenters. The lowest BCUT2D eigenvalue weighted by Gasteiger charge is -2.23. The van der Waals surface area contributed by atoms with Gasteiger partial charge in [-0.2, -0.15) is 5.26 Å². The van der Waals surface area contributed by atoms with Crippen molar-refractivity contribution in [2.24, 2.45) is 0 Å². The molecule has 6 aromatic carbocycles. The maximum absolute atomic E-state index is 10.8. The Bertz CT molecular complexity index is 1860. The second kappa shape index (κ2) is 8.59. The lowest BCUT2D eigenvalue weighted by molar-refractivity contribution is 1.47. The van der Waals surface area contributed by atoms with E-state index in [-0.39, 0.29) is 0 Å². The van der Waals surface area contributed by atoms with Crippen LogP contribution in [0, 0.1) is 11.3 Å². The maximum atomic E-state index is 10.8. The van der Waals surface area contributed by atoms with Gasteiger partial charge in [0.05, 0.1) is 5.56 Å². The first-order valence-corrected chi connectivity index (χ1v) is 13.1. The Morgan fingerprint density at radius 2 is 0.946 bits per heavy atom. The van der Waals surface area contributed by atoms with Crippen LogP contribution >= 0.6 is 15.9 Å². The molecule has 0 amide bonds. The largest absolute Gasteiger partial charge is 0.192 e. The van der Waals surface area contributed by atoms with E-state index in [4.69, 9.17) is 0 Å². The molecule has 6 aromatic rings. The zero-order chi connectivity index (χ0) is 24.9. The number of nitriles is 1. The number of hydrogen-bond acceptors (Lipinski definition) is 1. The van der Waals surface area contributed by atoms with E-state index >= 15 is 0 Å². The van der Waals surface area contributed by atoms with Gasteiger partial charge >= 0.3 is 0 Å². The smallest absolute Gasteiger partial charge is 0.100 e. The lowest BCUT2D eigenvalue weighted by atomic mass is 9.79. The molecule has 0 fully saturated rings. The third-order valence-electron chi connectivity index (χ3n) is 7.31. The number of benzene rings is 6. The Morgan fingerprint density at radius 1 is 0.459 bits per heavy atom. The van der Waals surface area contributed by atoms with Gasteiger partial charge in [0.1, 0.15) is 6.07 Å². The van der Waals surface area contributed by atoms with Crippen LogP contribution in [0.25, 0.3) is 66.4 Å². The summed E-state index contributed by atoms with van der Waals surface area (Å²) in [4.78, 5) is 0. The molecular formula is C35H20BrN. The van der Waals surface area contributed by atoms with E-state index in [1.165, 1.54) is 27.5 Å². The summed E-state index contributed by atoms with van der Waals surface area (Å²) >= 11 is 3.59. The summed E-state index contributed by atoms with van der Waals surface area (Å²) in [7, 11) is 0. The van der Waals surface area contributed by atoms with Gasteiger partial charge in [0.25, 0.3) is 0 Å². The van der Waals surface area contributed by atoms with Crippen LogP contribution in [0.2, 0.25) is 0 Å². The van der Waals surface area contributed by atoms with Crippen LogP contribution in [0.1, 0.15) is 5.56 Å². The molecule has 172 valence electrons. The van der Waals surface area contributed by atoms with Crippen LogP contribution < -0.4 is 0 Å². The topological polar surface area (TPSA) is 23.8 Å². The SMILES string of the molecule is N#Cc1c(-c2ccc(Br)cc2)c(-c2ccccc2)c2c(c1-c1ccccc1)-c1cccc3cccc-2c13. The minimum atomic E-state index is 0.705. The fourth-order valence-corrected chi connectivity index (χ4v) is 6.11. The summed E-state index contributed by atoms with van der Waals surface area (Å²) in [6.45, 7) is 0. The van der Waals surface area contributed by atoms with Gasteiger partial charge in [0.2, 0.25) is 0 Å². The van der Waals surface area contributed by atoms with Crippen LogP contribution in [0.3, 0.4) is 0 Å². The lowest BCUT2D eigenvalue weighted by Crippen LogP contribution is -1.99. The van der Waals surface area contributed by atoms with Crippen LogP contribution in [0.4, 0.5) is 0 Å². The monoisotopic (exact) mass is 533 g/mol. The fourth-order valence-electron chi connectivity index (χ4n) is 5.85. The Balaban J connectivity index is 1.76. The van der Waals surface area contributed by atoms with Crippen molar-refractivity contribution >= 4 is 26.7 Å². The molecule has 2 heteroatoms. The Morgan fingerprint density at radius 3 is 1.51 bits per heavy atom. The van der Waals surface area contributed by atoms with Crippen LogP contribution in [0.15, 0.2) is 126 Å². The van der Waals surface area contributed by atoms with E-state index in [0.29, 0.717) is 5.56 Å². The minimum absolute atomic E-state index is 0.705. The Hall–Kier alpha value is -4.45. The molecule has 7 rings (SSSR count). The summed E-state index contributed by atoms with van der Waals surface area (Å²) in [6.07, 6.45) is 0. The molecule has 0 aliphatic heterocycles. The van der Waals surface area contributed by atoms with Gasteiger partial charge in [-0.1, -0.05) is 125 Å². The van der Waals surface area contributed by atoms with Crippen molar-refractivity contribution in [3.8, 4) is 61.7 Å². The third-order valence-corrected chi connectivity index (χ3v) is 7.84. The van der Waals surface area contributed by atoms with E-state index in [1.807, 2.05) is 12.1 Å². The average Bonchev–Trinajstić information content (AvgIpc) is 3.29. The summed E-state index contributed by atoms with van der Waals surface area (Å²) in [5.74, 6) is 0. The van der Waals surface area contributed by atoms with E-state index in [9.17, 15) is 5.26 Å². The summed E-state index contributed by atoms with van der Waals surface area (Å²) in [5, 5.41) is 13.3. The molecule has 0 saturated heterocycles. The van der Waals surface area contributed by atoms with Crippen molar-refractivity contribution in [2.75, 3.05) is 0 Å². The number of fused-ring (bicyclic) bond motifs is 3. The first kappa shape index (κ1) is 21.8. The van der Waals surface area contributed by atoms with Gasteiger partial charge in [-0.15, -0.1) is 0 Å². The van der Waals surface area contributed by atoms with Gasteiger partial charge in [0, 0.05) is 15.6 Å². The molecule has 1 aliphatic rings. The summed E-state index contributed by atoms with van der Waals surface area (Å²) in [5.41, 5.74) is 11.7. The molecule has 0 radical (unpaired) electrons. The predicted octanol–water partition coefficient (Wildman–Crippen LogP) is 10.1. The molecular weight excluding hydrogens is 514 g/mol. The van der Waals surface area contributed by atoms with Gasteiger partial charge in [-0.05, 0) is 67.4 Å². The van der Waals surface area contributed by atoms with Crippen molar-refractivity contribution in [1.29, 1.82) is 5.26 Å². The van der Waals surface area contributed by atoms with Crippen molar-refractivity contribution in [2.45, 2.75) is 0 Å².